The highest BCUT2D eigenvalue weighted by molar-refractivity contribution is 6.28. The molecular formula is C14H15ClFN3O. The topological polar surface area (TPSA) is 46.9 Å². The fourth-order valence-electron chi connectivity index (χ4n) is 2.68. The molecule has 0 radical (unpaired) electrons. The lowest BCUT2D eigenvalue weighted by molar-refractivity contribution is 0.333. The van der Waals surface area contributed by atoms with Crippen LogP contribution in [-0.4, -0.2) is 22.6 Å². The maximum Gasteiger partial charge on any atom is 0.262 e. The van der Waals surface area contributed by atoms with Gasteiger partial charge in [-0.3, -0.25) is 9.36 Å². The van der Waals surface area contributed by atoms with Crippen LogP contribution >= 0.6 is 11.6 Å². The van der Waals surface area contributed by atoms with Crippen LogP contribution in [-0.2, 0) is 6.54 Å². The molecule has 1 aromatic heterocycles. The molecule has 4 nitrogen and oxygen atoms in total. The van der Waals surface area contributed by atoms with Crippen LogP contribution in [0.1, 0.15) is 12.8 Å². The number of hydrogen-bond acceptors (Lipinski definition) is 3. The molecule has 1 aliphatic heterocycles. The molecule has 2 aromatic rings. The SMILES string of the molecule is O=c1c2cccc(F)c2nc(Cl)n1CC1CCCNC1. The Hall–Kier alpha value is -1.46. The van der Waals surface area contributed by atoms with Crippen molar-refractivity contribution < 1.29 is 4.39 Å². The number of benzene rings is 1. The Balaban J connectivity index is 2.04. The molecule has 1 fully saturated rings. The summed E-state index contributed by atoms with van der Waals surface area (Å²) in [6.07, 6.45) is 2.14. The van der Waals surface area contributed by atoms with Gasteiger partial charge in [-0.15, -0.1) is 0 Å². The third-order valence-corrected chi connectivity index (χ3v) is 4.02. The molecule has 1 aliphatic rings. The fourth-order valence-corrected chi connectivity index (χ4v) is 2.91. The van der Waals surface area contributed by atoms with Crippen molar-refractivity contribution in [3.63, 3.8) is 0 Å². The van der Waals surface area contributed by atoms with Crippen LogP contribution in [0.3, 0.4) is 0 Å². The normalized spacial score (nSPS) is 19.4. The van der Waals surface area contributed by atoms with Gasteiger partial charge in [0.05, 0.1) is 5.39 Å². The van der Waals surface area contributed by atoms with Gasteiger partial charge in [-0.05, 0) is 55.6 Å². The number of para-hydroxylation sites is 1. The summed E-state index contributed by atoms with van der Waals surface area (Å²) in [6.45, 7) is 2.40. The number of nitrogens with one attached hydrogen (secondary N) is 1. The van der Waals surface area contributed by atoms with E-state index >= 15 is 0 Å². The highest BCUT2D eigenvalue weighted by Gasteiger charge is 2.18. The van der Waals surface area contributed by atoms with Gasteiger partial charge < -0.3 is 5.32 Å². The molecule has 1 atom stereocenters. The first-order chi connectivity index (χ1) is 9.66. The molecule has 106 valence electrons. The monoisotopic (exact) mass is 295 g/mol. The van der Waals surface area contributed by atoms with Crippen LogP contribution in [0.15, 0.2) is 23.0 Å². The Bertz CT molecular complexity index is 695. The van der Waals surface area contributed by atoms with Gasteiger partial charge >= 0.3 is 0 Å². The van der Waals surface area contributed by atoms with Crippen molar-refractivity contribution in [3.8, 4) is 0 Å². The number of hydrogen-bond donors (Lipinski definition) is 1. The second-order valence-corrected chi connectivity index (χ2v) is 5.48. The van der Waals surface area contributed by atoms with Crippen molar-refractivity contribution in [2.24, 2.45) is 5.92 Å². The molecule has 3 rings (SSSR count). The average Bonchev–Trinajstić information content (AvgIpc) is 2.46. The van der Waals surface area contributed by atoms with E-state index in [0.717, 1.165) is 25.9 Å². The average molecular weight is 296 g/mol. The van der Waals surface area contributed by atoms with Gasteiger partial charge in [-0.2, -0.15) is 0 Å². The van der Waals surface area contributed by atoms with E-state index in [2.05, 4.69) is 10.3 Å². The molecule has 0 saturated carbocycles. The first-order valence-electron chi connectivity index (χ1n) is 6.72. The summed E-state index contributed by atoms with van der Waals surface area (Å²) in [5.41, 5.74) is -0.231. The zero-order chi connectivity index (χ0) is 14.1. The van der Waals surface area contributed by atoms with E-state index in [9.17, 15) is 9.18 Å². The van der Waals surface area contributed by atoms with Gasteiger partial charge in [0.15, 0.2) is 0 Å². The van der Waals surface area contributed by atoms with Crippen LogP contribution in [0.5, 0.6) is 0 Å². The van der Waals surface area contributed by atoms with Crippen molar-refractivity contribution in [1.29, 1.82) is 0 Å². The molecule has 0 bridgehead atoms. The summed E-state index contributed by atoms with van der Waals surface area (Å²) >= 11 is 6.06. The van der Waals surface area contributed by atoms with Gasteiger partial charge in [-0.1, -0.05) is 6.07 Å². The Morgan fingerprint density at radius 3 is 3.10 bits per heavy atom. The zero-order valence-corrected chi connectivity index (χ0v) is 11.7. The molecule has 0 amide bonds. The van der Waals surface area contributed by atoms with Crippen LogP contribution < -0.4 is 10.9 Å². The molecule has 0 spiro atoms. The predicted molar refractivity (Wildman–Crippen MR) is 76.6 cm³/mol. The second kappa shape index (κ2) is 5.50. The largest absolute Gasteiger partial charge is 0.316 e. The maximum atomic E-state index is 13.7. The summed E-state index contributed by atoms with van der Waals surface area (Å²) in [6, 6.07) is 4.38. The minimum absolute atomic E-state index is 0.0421. The van der Waals surface area contributed by atoms with E-state index in [-0.39, 0.29) is 21.7 Å². The van der Waals surface area contributed by atoms with Crippen LogP contribution in [0.4, 0.5) is 4.39 Å². The van der Waals surface area contributed by atoms with Gasteiger partial charge in [0, 0.05) is 6.54 Å². The first-order valence-corrected chi connectivity index (χ1v) is 7.10. The fraction of sp³-hybridized carbons (Fsp3) is 0.429. The van der Waals surface area contributed by atoms with Gasteiger partial charge in [-0.25, -0.2) is 9.37 Å². The van der Waals surface area contributed by atoms with Crippen molar-refractivity contribution >= 4 is 22.5 Å². The van der Waals surface area contributed by atoms with E-state index in [0.29, 0.717) is 12.5 Å². The van der Waals surface area contributed by atoms with Crippen molar-refractivity contribution in [3.05, 3.63) is 39.7 Å². The number of halogens is 2. The van der Waals surface area contributed by atoms with Crippen molar-refractivity contribution in [2.45, 2.75) is 19.4 Å². The lowest BCUT2D eigenvalue weighted by Crippen LogP contribution is -2.35. The Labute approximate surface area is 120 Å². The molecule has 6 heteroatoms. The predicted octanol–water partition coefficient (Wildman–Crippen LogP) is 2.19. The Morgan fingerprint density at radius 2 is 2.35 bits per heavy atom. The minimum Gasteiger partial charge on any atom is -0.316 e. The Morgan fingerprint density at radius 1 is 1.50 bits per heavy atom. The van der Waals surface area contributed by atoms with E-state index in [4.69, 9.17) is 11.6 Å². The highest BCUT2D eigenvalue weighted by Crippen LogP contribution is 2.18. The smallest absolute Gasteiger partial charge is 0.262 e. The number of nitrogens with zero attached hydrogens (tertiary/aromatic N) is 2. The molecular weight excluding hydrogens is 281 g/mol. The first kappa shape index (κ1) is 13.5. The van der Waals surface area contributed by atoms with Gasteiger partial charge in [0.2, 0.25) is 5.28 Å². The van der Waals surface area contributed by atoms with E-state index in [1.165, 1.54) is 16.7 Å². The van der Waals surface area contributed by atoms with Gasteiger partial charge in [0.1, 0.15) is 11.3 Å². The Kier molecular flexibility index (Phi) is 3.72. The maximum absolute atomic E-state index is 13.7. The van der Waals surface area contributed by atoms with Crippen molar-refractivity contribution in [2.75, 3.05) is 13.1 Å². The second-order valence-electron chi connectivity index (χ2n) is 5.14. The standard InChI is InChI=1S/C14H15ClFN3O/c15-14-18-12-10(4-1-5-11(12)16)13(20)19(14)8-9-3-2-6-17-7-9/h1,4-5,9,17H,2-3,6-8H2. The molecule has 1 saturated heterocycles. The minimum atomic E-state index is -0.520. The summed E-state index contributed by atoms with van der Waals surface area (Å²) in [4.78, 5) is 16.5. The van der Waals surface area contributed by atoms with Crippen molar-refractivity contribution in [1.82, 2.24) is 14.9 Å². The number of piperidine rings is 1. The lowest BCUT2D eigenvalue weighted by Gasteiger charge is -2.23. The number of rotatable bonds is 2. The summed E-state index contributed by atoms with van der Waals surface area (Å²) in [5.74, 6) is -0.167. The van der Waals surface area contributed by atoms with Crippen LogP contribution in [0, 0.1) is 11.7 Å². The number of aromatic nitrogens is 2. The number of fused-ring (bicyclic) bond motifs is 1. The van der Waals surface area contributed by atoms with E-state index < -0.39 is 5.82 Å². The van der Waals surface area contributed by atoms with Crippen LogP contribution in [0.25, 0.3) is 10.9 Å². The van der Waals surface area contributed by atoms with E-state index in [1.54, 1.807) is 6.07 Å². The van der Waals surface area contributed by atoms with Crippen LogP contribution in [0.2, 0.25) is 5.28 Å². The molecule has 20 heavy (non-hydrogen) atoms. The third-order valence-electron chi connectivity index (χ3n) is 3.73. The molecule has 1 unspecified atom stereocenters. The highest BCUT2D eigenvalue weighted by atomic mass is 35.5. The molecule has 0 aliphatic carbocycles. The van der Waals surface area contributed by atoms with E-state index in [1.807, 2.05) is 0 Å². The summed E-state index contributed by atoms with van der Waals surface area (Å²) in [5, 5.41) is 3.63. The molecule has 1 N–H and O–H groups in total. The third kappa shape index (κ3) is 2.43. The summed E-state index contributed by atoms with van der Waals surface area (Å²) in [7, 11) is 0. The summed E-state index contributed by atoms with van der Waals surface area (Å²) < 4.78 is 15.1. The quantitative estimate of drug-likeness (QED) is 0.864. The molecule has 2 heterocycles. The molecule has 1 aromatic carbocycles. The lowest BCUT2D eigenvalue weighted by atomic mass is 10.00. The zero-order valence-electron chi connectivity index (χ0n) is 10.9. The van der Waals surface area contributed by atoms with Gasteiger partial charge in [0.25, 0.3) is 5.56 Å².